The van der Waals surface area contributed by atoms with Gasteiger partial charge in [-0.1, -0.05) is 17.3 Å². The molecule has 2 aromatic carbocycles. The number of nitrogens with zero attached hydrogens (tertiary/aromatic N) is 3. The van der Waals surface area contributed by atoms with Crippen molar-refractivity contribution < 1.29 is 23.3 Å². The second kappa shape index (κ2) is 11.7. The van der Waals surface area contributed by atoms with Crippen LogP contribution in [0.2, 0.25) is 0 Å². The van der Waals surface area contributed by atoms with Crippen molar-refractivity contribution in [3.63, 3.8) is 0 Å². The Morgan fingerprint density at radius 2 is 1.95 bits per heavy atom. The summed E-state index contributed by atoms with van der Waals surface area (Å²) in [6.45, 7) is 2.11. The highest BCUT2D eigenvalue weighted by atomic mass is 16.5. The molecule has 0 saturated carbocycles. The van der Waals surface area contributed by atoms with E-state index in [9.17, 15) is 9.59 Å². The first kappa shape index (κ1) is 25.2. The van der Waals surface area contributed by atoms with Crippen LogP contribution in [0, 0.1) is 5.92 Å². The standard InChI is InChI=1S/C28H29N5O5/c1-36-21-12-10-19(11-13-21)26-31-25(38-32-26)18-33-14-4-6-20(17-33)27(34)30-24-9-3-2-8-23(24)28(35)29-16-22-7-5-15-37-22/h2-3,5,7-13,15,20H,4,6,14,16-18H2,1H3,(H,29,35)(H,30,34). The number of para-hydroxylation sites is 1. The minimum Gasteiger partial charge on any atom is -0.497 e. The van der Waals surface area contributed by atoms with Crippen LogP contribution in [0.3, 0.4) is 0 Å². The topological polar surface area (TPSA) is 123 Å². The number of anilines is 1. The normalized spacial score (nSPS) is 15.7. The molecule has 3 heterocycles. The van der Waals surface area contributed by atoms with Crippen molar-refractivity contribution in [2.24, 2.45) is 5.92 Å². The average molecular weight is 516 g/mol. The first-order chi connectivity index (χ1) is 18.6. The minimum absolute atomic E-state index is 0.120. The van der Waals surface area contributed by atoms with Crippen LogP contribution in [0.1, 0.15) is 34.9 Å². The summed E-state index contributed by atoms with van der Waals surface area (Å²) >= 11 is 0. The van der Waals surface area contributed by atoms with Crippen LogP contribution in [-0.2, 0) is 17.9 Å². The molecule has 2 aromatic heterocycles. The Morgan fingerprint density at radius 3 is 2.74 bits per heavy atom. The quantitative estimate of drug-likeness (QED) is 0.341. The van der Waals surface area contributed by atoms with Crippen molar-refractivity contribution in [3.05, 3.63) is 84.1 Å². The van der Waals surface area contributed by atoms with Gasteiger partial charge in [-0.3, -0.25) is 14.5 Å². The molecule has 5 rings (SSSR count). The summed E-state index contributed by atoms with van der Waals surface area (Å²) in [7, 11) is 1.62. The zero-order chi connectivity index (χ0) is 26.3. The van der Waals surface area contributed by atoms with Crippen LogP contribution in [0.4, 0.5) is 5.69 Å². The number of piperidine rings is 1. The zero-order valence-electron chi connectivity index (χ0n) is 21.1. The molecular formula is C28H29N5O5. The van der Waals surface area contributed by atoms with Gasteiger partial charge in [0.2, 0.25) is 17.6 Å². The number of furan rings is 1. The van der Waals surface area contributed by atoms with E-state index >= 15 is 0 Å². The van der Waals surface area contributed by atoms with E-state index in [0.717, 1.165) is 30.7 Å². The number of methoxy groups -OCH3 is 1. The Kier molecular flexibility index (Phi) is 7.79. The fraction of sp³-hybridized carbons (Fsp3) is 0.286. The molecule has 196 valence electrons. The first-order valence-corrected chi connectivity index (χ1v) is 12.5. The molecule has 1 fully saturated rings. The summed E-state index contributed by atoms with van der Waals surface area (Å²) in [4.78, 5) is 32.6. The molecule has 2 N–H and O–H groups in total. The zero-order valence-corrected chi connectivity index (χ0v) is 21.1. The number of carbonyl (C=O) groups excluding carboxylic acids is 2. The van der Waals surface area contributed by atoms with Crippen molar-refractivity contribution in [3.8, 4) is 17.1 Å². The molecule has 4 aromatic rings. The average Bonchev–Trinajstić information content (AvgIpc) is 3.65. The molecule has 10 heteroatoms. The third-order valence-corrected chi connectivity index (χ3v) is 6.48. The molecule has 0 radical (unpaired) electrons. The van der Waals surface area contributed by atoms with Crippen molar-refractivity contribution in [2.45, 2.75) is 25.9 Å². The van der Waals surface area contributed by atoms with Gasteiger partial charge in [0.05, 0.1) is 43.6 Å². The van der Waals surface area contributed by atoms with Crippen LogP contribution < -0.4 is 15.4 Å². The van der Waals surface area contributed by atoms with Crippen LogP contribution in [-0.4, -0.2) is 47.1 Å². The van der Waals surface area contributed by atoms with Crippen molar-refractivity contribution in [1.82, 2.24) is 20.4 Å². The van der Waals surface area contributed by atoms with Gasteiger partial charge < -0.3 is 24.3 Å². The summed E-state index contributed by atoms with van der Waals surface area (Å²) in [5.74, 6) is 1.78. The minimum atomic E-state index is -0.286. The maximum Gasteiger partial charge on any atom is 0.253 e. The largest absolute Gasteiger partial charge is 0.497 e. The van der Waals surface area contributed by atoms with Gasteiger partial charge in [-0.05, 0) is 67.9 Å². The van der Waals surface area contributed by atoms with E-state index in [-0.39, 0.29) is 24.3 Å². The summed E-state index contributed by atoms with van der Waals surface area (Å²) in [6.07, 6.45) is 3.18. The fourth-order valence-electron chi connectivity index (χ4n) is 4.48. The summed E-state index contributed by atoms with van der Waals surface area (Å²) in [5.41, 5.74) is 1.72. The van der Waals surface area contributed by atoms with Crippen LogP contribution >= 0.6 is 0 Å². The molecule has 0 spiro atoms. The van der Waals surface area contributed by atoms with E-state index < -0.39 is 0 Å². The second-order valence-electron chi connectivity index (χ2n) is 9.11. The SMILES string of the molecule is COc1ccc(-c2noc(CN3CCCC(C(=O)Nc4ccccc4C(=O)NCc4ccco4)C3)n2)cc1. The van der Waals surface area contributed by atoms with E-state index in [4.69, 9.17) is 13.7 Å². The Labute approximate surface area is 220 Å². The molecule has 1 unspecified atom stereocenters. The fourth-order valence-corrected chi connectivity index (χ4v) is 4.48. The van der Waals surface area contributed by atoms with Crippen molar-refractivity contribution in [2.75, 3.05) is 25.5 Å². The number of likely N-dealkylation sites (tertiary alicyclic amines) is 1. The summed E-state index contributed by atoms with van der Waals surface area (Å²) in [5, 5.41) is 9.89. The van der Waals surface area contributed by atoms with Crippen molar-refractivity contribution in [1.29, 1.82) is 0 Å². The van der Waals surface area contributed by atoms with Crippen LogP contribution in [0.5, 0.6) is 5.75 Å². The molecule has 1 aliphatic heterocycles. The highest BCUT2D eigenvalue weighted by molar-refractivity contribution is 6.04. The molecule has 10 nitrogen and oxygen atoms in total. The number of hydrogen-bond donors (Lipinski definition) is 2. The Hall–Kier alpha value is -4.44. The van der Waals surface area contributed by atoms with Crippen LogP contribution in [0.25, 0.3) is 11.4 Å². The molecule has 1 saturated heterocycles. The number of benzene rings is 2. The number of ether oxygens (including phenoxy) is 1. The monoisotopic (exact) mass is 515 g/mol. The van der Waals surface area contributed by atoms with Crippen LogP contribution in [0.15, 0.2) is 75.9 Å². The molecule has 2 amide bonds. The number of nitrogens with one attached hydrogen (secondary N) is 2. The maximum atomic E-state index is 13.2. The number of rotatable bonds is 9. The lowest BCUT2D eigenvalue weighted by molar-refractivity contribution is -0.121. The second-order valence-corrected chi connectivity index (χ2v) is 9.11. The lowest BCUT2D eigenvalue weighted by Gasteiger charge is -2.31. The van der Waals surface area contributed by atoms with Gasteiger partial charge >= 0.3 is 0 Å². The summed E-state index contributed by atoms with van der Waals surface area (Å²) in [6, 6.07) is 18.0. The van der Waals surface area contributed by atoms with E-state index in [0.29, 0.717) is 41.8 Å². The lowest BCUT2D eigenvalue weighted by atomic mass is 9.96. The number of amides is 2. The predicted molar refractivity (Wildman–Crippen MR) is 139 cm³/mol. The van der Waals surface area contributed by atoms with E-state index in [1.807, 2.05) is 24.3 Å². The predicted octanol–water partition coefficient (Wildman–Crippen LogP) is 4.12. The van der Waals surface area contributed by atoms with Crippen molar-refractivity contribution >= 4 is 17.5 Å². The van der Waals surface area contributed by atoms with Gasteiger partial charge in [0.25, 0.3) is 5.91 Å². The maximum absolute atomic E-state index is 13.2. The third-order valence-electron chi connectivity index (χ3n) is 6.48. The van der Waals surface area contributed by atoms with Gasteiger partial charge in [0.15, 0.2) is 0 Å². The summed E-state index contributed by atoms with van der Waals surface area (Å²) < 4.78 is 15.9. The third kappa shape index (κ3) is 6.09. The van der Waals surface area contributed by atoms with E-state index in [2.05, 4.69) is 25.7 Å². The number of carbonyl (C=O) groups is 2. The molecule has 1 atom stereocenters. The molecule has 0 bridgehead atoms. The number of hydrogen-bond acceptors (Lipinski definition) is 8. The van der Waals surface area contributed by atoms with E-state index in [1.165, 1.54) is 0 Å². The molecular weight excluding hydrogens is 486 g/mol. The smallest absolute Gasteiger partial charge is 0.253 e. The van der Waals surface area contributed by atoms with Gasteiger partial charge in [0.1, 0.15) is 11.5 Å². The van der Waals surface area contributed by atoms with Gasteiger partial charge in [-0.2, -0.15) is 4.98 Å². The molecule has 1 aliphatic rings. The highest BCUT2D eigenvalue weighted by Crippen LogP contribution is 2.24. The molecule has 38 heavy (non-hydrogen) atoms. The van der Waals surface area contributed by atoms with Gasteiger partial charge in [-0.15, -0.1) is 0 Å². The Balaban J connectivity index is 1.18. The highest BCUT2D eigenvalue weighted by Gasteiger charge is 2.28. The lowest BCUT2D eigenvalue weighted by Crippen LogP contribution is -2.40. The Morgan fingerprint density at radius 1 is 1.11 bits per heavy atom. The number of aromatic nitrogens is 2. The molecule has 0 aliphatic carbocycles. The van der Waals surface area contributed by atoms with E-state index in [1.54, 1.807) is 49.8 Å². The van der Waals surface area contributed by atoms with Gasteiger partial charge in [-0.25, -0.2) is 0 Å². The first-order valence-electron chi connectivity index (χ1n) is 12.5. The van der Waals surface area contributed by atoms with Gasteiger partial charge in [0, 0.05) is 12.1 Å². The Bertz CT molecular complexity index is 1370.